The zero-order valence-electron chi connectivity index (χ0n) is 13.1. The van der Waals surface area contributed by atoms with Crippen molar-refractivity contribution in [2.45, 2.75) is 20.0 Å². The predicted molar refractivity (Wildman–Crippen MR) is 95.0 cm³/mol. The lowest BCUT2D eigenvalue weighted by Gasteiger charge is -2.14. The Bertz CT molecular complexity index is 761. The maximum atomic E-state index is 12.1. The summed E-state index contributed by atoms with van der Waals surface area (Å²) in [5, 5.41) is 14.1. The van der Waals surface area contributed by atoms with Gasteiger partial charge in [-0.3, -0.25) is 4.79 Å². The summed E-state index contributed by atoms with van der Waals surface area (Å²) in [5.41, 5.74) is 3.82. The summed E-state index contributed by atoms with van der Waals surface area (Å²) in [7, 11) is 0. The molecule has 0 aliphatic rings. The van der Waals surface area contributed by atoms with Crippen LogP contribution in [-0.2, 0) is 4.79 Å². The number of rotatable bonds is 5. The maximum absolute atomic E-state index is 12.1. The first kappa shape index (κ1) is 18.1. The zero-order chi connectivity index (χ0) is 17.7. The van der Waals surface area contributed by atoms with Gasteiger partial charge >= 0.3 is 0 Å². The molecule has 1 amide bonds. The molecule has 2 rings (SSSR count). The molecule has 24 heavy (non-hydrogen) atoms. The number of amides is 1. The van der Waals surface area contributed by atoms with E-state index >= 15 is 0 Å². The molecule has 5 nitrogen and oxygen atoms in total. The first-order valence-corrected chi connectivity index (χ1v) is 7.87. The van der Waals surface area contributed by atoms with Crippen LogP contribution in [0.5, 0.6) is 11.5 Å². The lowest BCUT2D eigenvalue weighted by molar-refractivity contribution is -0.127. The molecular formula is C17H16Cl2N2O3. The van der Waals surface area contributed by atoms with E-state index in [1.54, 1.807) is 50.2 Å². The van der Waals surface area contributed by atoms with Gasteiger partial charge in [0.25, 0.3) is 5.91 Å². The van der Waals surface area contributed by atoms with Crippen LogP contribution in [0.1, 0.15) is 19.4 Å². The SMILES string of the molecule is C/C(=N/NC(=O)[C@H](C)Oc1ccc(Cl)cc1Cl)c1ccc(O)cc1. The number of nitrogens with one attached hydrogen (secondary N) is 1. The summed E-state index contributed by atoms with van der Waals surface area (Å²) in [6.45, 7) is 3.33. The molecule has 1 atom stereocenters. The second-order valence-electron chi connectivity index (χ2n) is 5.05. The van der Waals surface area contributed by atoms with Crippen LogP contribution in [0, 0.1) is 0 Å². The average molecular weight is 367 g/mol. The first-order valence-electron chi connectivity index (χ1n) is 7.12. The minimum absolute atomic E-state index is 0.164. The van der Waals surface area contributed by atoms with Gasteiger partial charge in [-0.25, -0.2) is 5.43 Å². The van der Waals surface area contributed by atoms with Crippen molar-refractivity contribution >= 4 is 34.8 Å². The third-order valence-electron chi connectivity index (χ3n) is 3.19. The molecule has 0 aromatic heterocycles. The fourth-order valence-electron chi connectivity index (χ4n) is 1.81. The van der Waals surface area contributed by atoms with Crippen LogP contribution >= 0.6 is 23.2 Å². The molecule has 0 heterocycles. The van der Waals surface area contributed by atoms with Gasteiger partial charge in [-0.2, -0.15) is 5.10 Å². The lowest BCUT2D eigenvalue weighted by atomic mass is 10.1. The number of phenolic OH excluding ortho intramolecular Hbond substituents is 1. The van der Waals surface area contributed by atoms with Gasteiger partial charge in [0.1, 0.15) is 11.5 Å². The fraction of sp³-hybridized carbons (Fsp3) is 0.176. The molecular weight excluding hydrogens is 351 g/mol. The molecule has 2 aromatic rings. The standard InChI is InChI=1S/C17H16Cl2N2O3/c1-10(12-3-6-14(22)7-4-12)20-21-17(23)11(2)24-16-8-5-13(18)9-15(16)19/h3-9,11,22H,1-2H3,(H,21,23)/b20-10-/t11-/m0/s1. The lowest BCUT2D eigenvalue weighted by Crippen LogP contribution is -2.34. The van der Waals surface area contributed by atoms with Gasteiger partial charge < -0.3 is 9.84 Å². The first-order chi connectivity index (χ1) is 11.4. The number of halogens is 2. The third kappa shape index (κ3) is 4.88. The molecule has 0 radical (unpaired) electrons. The number of carbonyl (C=O) groups is 1. The molecule has 0 fully saturated rings. The van der Waals surface area contributed by atoms with Crippen molar-refractivity contribution in [1.29, 1.82) is 0 Å². The Labute approximate surface area is 149 Å². The van der Waals surface area contributed by atoms with E-state index in [0.717, 1.165) is 5.56 Å². The van der Waals surface area contributed by atoms with Crippen molar-refractivity contribution in [3.05, 3.63) is 58.1 Å². The van der Waals surface area contributed by atoms with E-state index in [2.05, 4.69) is 10.5 Å². The van der Waals surface area contributed by atoms with Crippen molar-refractivity contribution in [2.24, 2.45) is 5.10 Å². The topological polar surface area (TPSA) is 70.9 Å². The number of phenols is 1. The minimum Gasteiger partial charge on any atom is -0.508 e. The van der Waals surface area contributed by atoms with Crippen LogP contribution in [0.15, 0.2) is 47.6 Å². The second kappa shape index (κ2) is 8.04. The van der Waals surface area contributed by atoms with Crippen LogP contribution in [-0.4, -0.2) is 22.8 Å². The number of hydrogen-bond donors (Lipinski definition) is 2. The largest absolute Gasteiger partial charge is 0.508 e. The molecule has 0 spiro atoms. The average Bonchev–Trinajstić information content (AvgIpc) is 2.55. The Morgan fingerprint density at radius 2 is 1.88 bits per heavy atom. The van der Waals surface area contributed by atoms with Crippen LogP contribution in [0.3, 0.4) is 0 Å². The Kier molecular flexibility index (Phi) is 6.06. The van der Waals surface area contributed by atoms with Crippen molar-refractivity contribution in [1.82, 2.24) is 5.43 Å². The van der Waals surface area contributed by atoms with Crippen LogP contribution < -0.4 is 10.2 Å². The van der Waals surface area contributed by atoms with Gasteiger partial charge in [0.2, 0.25) is 0 Å². The van der Waals surface area contributed by atoms with Gasteiger partial charge in [0.05, 0.1) is 10.7 Å². The third-order valence-corrected chi connectivity index (χ3v) is 3.72. The fourth-order valence-corrected chi connectivity index (χ4v) is 2.26. The van der Waals surface area contributed by atoms with Crippen molar-refractivity contribution in [3.8, 4) is 11.5 Å². The summed E-state index contributed by atoms with van der Waals surface area (Å²) in [6, 6.07) is 11.3. The van der Waals surface area contributed by atoms with Gasteiger partial charge in [-0.1, -0.05) is 23.2 Å². The molecule has 7 heteroatoms. The molecule has 0 aliphatic heterocycles. The van der Waals surface area contributed by atoms with Crippen LogP contribution in [0.25, 0.3) is 0 Å². The zero-order valence-corrected chi connectivity index (χ0v) is 14.6. The van der Waals surface area contributed by atoms with Crippen molar-refractivity contribution < 1.29 is 14.6 Å². The number of carbonyl (C=O) groups excluding carboxylic acids is 1. The highest BCUT2D eigenvalue weighted by Gasteiger charge is 2.16. The summed E-state index contributed by atoms with van der Waals surface area (Å²) < 4.78 is 5.51. The predicted octanol–water partition coefficient (Wildman–Crippen LogP) is 4.01. The van der Waals surface area contributed by atoms with Gasteiger partial charge in [0, 0.05) is 5.02 Å². The summed E-state index contributed by atoms with van der Waals surface area (Å²) in [5.74, 6) is 0.111. The van der Waals surface area contributed by atoms with E-state index in [1.807, 2.05) is 0 Å². The molecule has 0 saturated heterocycles. The molecule has 0 bridgehead atoms. The summed E-state index contributed by atoms with van der Waals surface area (Å²) in [4.78, 5) is 12.1. The van der Waals surface area contributed by atoms with Gasteiger partial charge in [-0.05, 0) is 61.9 Å². The summed E-state index contributed by atoms with van der Waals surface area (Å²) in [6.07, 6.45) is -0.792. The molecule has 2 N–H and O–H groups in total. The minimum atomic E-state index is -0.792. The van der Waals surface area contributed by atoms with Gasteiger partial charge in [0.15, 0.2) is 6.10 Å². The number of nitrogens with zero attached hydrogens (tertiary/aromatic N) is 1. The number of benzene rings is 2. The molecule has 0 saturated carbocycles. The molecule has 0 unspecified atom stereocenters. The van der Waals surface area contributed by atoms with E-state index in [1.165, 1.54) is 6.07 Å². The Hall–Kier alpha value is -2.24. The van der Waals surface area contributed by atoms with Gasteiger partial charge in [-0.15, -0.1) is 0 Å². The van der Waals surface area contributed by atoms with E-state index in [4.69, 9.17) is 27.9 Å². The highest BCUT2D eigenvalue weighted by Crippen LogP contribution is 2.28. The Balaban J connectivity index is 1.98. The highest BCUT2D eigenvalue weighted by molar-refractivity contribution is 6.35. The monoisotopic (exact) mass is 366 g/mol. The maximum Gasteiger partial charge on any atom is 0.280 e. The molecule has 2 aromatic carbocycles. The second-order valence-corrected chi connectivity index (χ2v) is 5.90. The number of ether oxygens (including phenoxy) is 1. The van der Waals surface area contributed by atoms with E-state index in [9.17, 15) is 9.90 Å². The smallest absolute Gasteiger partial charge is 0.280 e. The van der Waals surface area contributed by atoms with E-state index < -0.39 is 12.0 Å². The Morgan fingerprint density at radius 3 is 2.50 bits per heavy atom. The Morgan fingerprint density at radius 1 is 1.21 bits per heavy atom. The highest BCUT2D eigenvalue weighted by atomic mass is 35.5. The summed E-state index contributed by atoms with van der Waals surface area (Å²) >= 11 is 11.8. The van der Waals surface area contributed by atoms with Crippen LogP contribution in [0.4, 0.5) is 0 Å². The van der Waals surface area contributed by atoms with Crippen LogP contribution in [0.2, 0.25) is 10.0 Å². The van der Waals surface area contributed by atoms with Crippen molar-refractivity contribution in [3.63, 3.8) is 0 Å². The number of aromatic hydroxyl groups is 1. The van der Waals surface area contributed by atoms with Crippen molar-refractivity contribution in [2.75, 3.05) is 0 Å². The quantitative estimate of drug-likeness (QED) is 0.620. The normalized spacial score (nSPS) is 12.6. The number of hydrazone groups is 1. The molecule has 126 valence electrons. The van der Waals surface area contributed by atoms with E-state index in [-0.39, 0.29) is 5.75 Å². The van der Waals surface area contributed by atoms with E-state index in [0.29, 0.717) is 21.5 Å². The number of hydrogen-bond acceptors (Lipinski definition) is 4. The molecule has 0 aliphatic carbocycles.